The number of alkyl carbamates (subject to hydrolysis) is 1. The van der Waals surface area contributed by atoms with Gasteiger partial charge in [-0.25, -0.2) is 9.78 Å². The summed E-state index contributed by atoms with van der Waals surface area (Å²) in [4.78, 5) is 22.8. The van der Waals surface area contributed by atoms with Gasteiger partial charge in [-0.2, -0.15) is 0 Å². The van der Waals surface area contributed by atoms with Gasteiger partial charge in [0.2, 0.25) is 5.82 Å². The molecule has 1 saturated heterocycles. The van der Waals surface area contributed by atoms with Crippen molar-refractivity contribution in [2.75, 3.05) is 20.1 Å². The molecule has 3 rings (SSSR count). The first-order chi connectivity index (χ1) is 13.3. The fourth-order valence-electron chi connectivity index (χ4n) is 2.93. The van der Waals surface area contributed by atoms with Crippen LogP contribution < -0.4 is 10.6 Å². The maximum absolute atomic E-state index is 11.9. The molecule has 2 aromatic heterocycles. The van der Waals surface area contributed by atoms with Crippen LogP contribution in [0.2, 0.25) is 0 Å². The van der Waals surface area contributed by atoms with Crippen molar-refractivity contribution in [2.45, 2.75) is 45.4 Å². The highest BCUT2D eigenvalue weighted by atomic mass is 16.6. The SMILES string of the molecule is CN=C(NCc1nc(-c2ccco2)n[nH]1)N1CCC(NC(=O)OC(C)(C)C)C1. The number of rotatable bonds is 4. The molecule has 1 aliphatic heterocycles. The highest BCUT2D eigenvalue weighted by Gasteiger charge is 2.27. The molecule has 0 aromatic carbocycles. The van der Waals surface area contributed by atoms with E-state index >= 15 is 0 Å². The number of hydrogen-bond donors (Lipinski definition) is 3. The van der Waals surface area contributed by atoms with Gasteiger partial charge in [0, 0.05) is 20.1 Å². The van der Waals surface area contributed by atoms with Crippen molar-refractivity contribution < 1.29 is 13.9 Å². The highest BCUT2D eigenvalue weighted by molar-refractivity contribution is 5.80. The molecule has 1 unspecified atom stereocenters. The van der Waals surface area contributed by atoms with E-state index in [0.717, 1.165) is 18.9 Å². The number of carbonyl (C=O) groups excluding carboxylic acids is 1. The first kappa shape index (κ1) is 19.7. The topological polar surface area (TPSA) is 121 Å². The Morgan fingerprint density at radius 3 is 3.00 bits per heavy atom. The maximum atomic E-state index is 11.9. The van der Waals surface area contributed by atoms with Crippen LogP contribution in [0, 0.1) is 0 Å². The van der Waals surface area contributed by atoms with Gasteiger partial charge in [0.1, 0.15) is 11.4 Å². The van der Waals surface area contributed by atoms with Crippen LogP contribution in [0.3, 0.4) is 0 Å². The van der Waals surface area contributed by atoms with E-state index in [-0.39, 0.29) is 6.04 Å². The summed E-state index contributed by atoms with van der Waals surface area (Å²) in [5, 5.41) is 13.2. The molecule has 152 valence electrons. The number of likely N-dealkylation sites (tertiary alicyclic amines) is 1. The van der Waals surface area contributed by atoms with Crippen LogP contribution in [-0.4, -0.2) is 63.9 Å². The van der Waals surface area contributed by atoms with Crippen LogP contribution in [0.4, 0.5) is 4.79 Å². The number of aromatic nitrogens is 3. The van der Waals surface area contributed by atoms with Crippen molar-refractivity contribution in [1.29, 1.82) is 0 Å². The van der Waals surface area contributed by atoms with E-state index in [4.69, 9.17) is 9.15 Å². The Hall–Kier alpha value is -3.04. The Morgan fingerprint density at radius 1 is 1.50 bits per heavy atom. The zero-order chi connectivity index (χ0) is 20.1. The third-order valence-electron chi connectivity index (χ3n) is 4.11. The fraction of sp³-hybridized carbons (Fsp3) is 0.556. The predicted octanol–water partition coefficient (Wildman–Crippen LogP) is 1.74. The smallest absolute Gasteiger partial charge is 0.407 e. The fourth-order valence-corrected chi connectivity index (χ4v) is 2.93. The van der Waals surface area contributed by atoms with Crippen LogP contribution in [0.25, 0.3) is 11.6 Å². The van der Waals surface area contributed by atoms with Gasteiger partial charge < -0.3 is 24.7 Å². The second-order valence-corrected chi connectivity index (χ2v) is 7.56. The normalized spacial score (nSPS) is 17.6. The summed E-state index contributed by atoms with van der Waals surface area (Å²) in [5.74, 6) is 2.54. The molecular weight excluding hydrogens is 362 g/mol. The first-order valence-electron chi connectivity index (χ1n) is 9.24. The van der Waals surface area contributed by atoms with Crippen LogP contribution >= 0.6 is 0 Å². The van der Waals surface area contributed by atoms with Crippen LogP contribution in [-0.2, 0) is 11.3 Å². The average Bonchev–Trinajstić information content (AvgIpc) is 3.35. The standard InChI is InChI=1S/C18H27N7O3/c1-18(2,3)28-17(26)21-12-7-8-25(11-12)16(19-4)20-10-14-22-15(24-23-14)13-6-5-9-27-13/h5-6,9,12H,7-8,10-11H2,1-4H3,(H,19,20)(H,21,26)(H,22,23,24). The monoisotopic (exact) mass is 389 g/mol. The Morgan fingerprint density at radius 2 is 2.32 bits per heavy atom. The van der Waals surface area contributed by atoms with Crippen molar-refractivity contribution in [3.8, 4) is 11.6 Å². The number of furan rings is 1. The number of hydrogen-bond acceptors (Lipinski definition) is 6. The van der Waals surface area contributed by atoms with Gasteiger partial charge in [-0.05, 0) is 39.3 Å². The molecule has 1 aliphatic rings. The number of aliphatic imine (C=N–C) groups is 1. The Balaban J connectivity index is 1.49. The summed E-state index contributed by atoms with van der Waals surface area (Å²) in [7, 11) is 1.73. The minimum absolute atomic E-state index is 0.0178. The summed E-state index contributed by atoms with van der Waals surface area (Å²) in [5.41, 5.74) is -0.508. The van der Waals surface area contributed by atoms with Crippen molar-refractivity contribution >= 4 is 12.1 Å². The Labute approximate surface area is 163 Å². The van der Waals surface area contributed by atoms with Gasteiger partial charge in [0.25, 0.3) is 0 Å². The molecule has 10 nitrogen and oxygen atoms in total. The lowest BCUT2D eigenvalue weighted by Gasteiger charge is -2.23. The largest absolute Gasteiger partial charge is 0.461 e. The number of aromatic amines is 1. The second-order valence-electron chi connectivity index (χ2n) is 7.56. The van der Waals surface area contributed by atoms with Crippen molar-refractivity contribution in [1.82, 2.24) is 30.7 Å². The molecule has 3 N–H and O–H groups in total. The Bertz CT molecular complexity index is 808. The van der Waals surface area contributed by atoms with Gasteiger partial charge in [-0.1, -0.05) is 0 Å². The lowest BCUT2D eigenvalue weighted by molar-refractivity contribution is 0.0507. The summed E-state index contributed by atoms with van der Waals surface area (Å²) in [6.45, 7) is 7.43. The second kappa shape index (κ2) is 8.32. The predicted molar refractivity (Wildman–Crippen MR) is 104 cm³/mol. The van der Waals surface area contributed by atoms with Crippen molar-refractivity contribution in [2.24, 2.45) is 4.99 Å². The molecule has 0 saturated carbocycles. The Kier molecular flexibility index (Phi) is 5.86. The van der Waals surface area contributed by atoms with Crippen molar-refractivity contribution in [3.05, 3.63) is 24.2 Å². The molecule has 28 heavy (non-hydrogen) atoms. The lowest BCUT2D eigenvalue weighted by Crippen LogP contribution is -2.44. The van der Waals surface area contributed by atoms with Crippen molar-refractivity contribution in [3.63, 3.8) is 0 Å². The molecular formula is C18H27N7O3. The highest BCUT2D eigenvalue weighted by Crippen LogP contribution is 2.15. The number of ether oxygens (including phenoxy) is 1. The molecule has 0 spiro atoms. The maximum Gasteiger partial charge on any atom is 0.407 e. The van der Waals surface area contributed by atoms with Gasteiger partial charge in [0.05, 0.1) is 18.8 Å². The third kappa shape index (κ3) is 5.24. The molecule has 2 aromatic rings. The number of carbonyl (C=O) groups is 1. The van der Waals surface area contributed by atoms with Gasteiger partial charge in [-0.3, -0.25) is 10.1 Å². The van der Waals surface area contributed by atoms with Crippen LogP contribution in [0.5, 0.6) is 0 Å². The minimum atomic E-state index is -0.508. The van der Waals surface area contributed by atoms with Gasteiger partial charge >= 0.3 is 6.09 Å². The molecule has 3 heterocycles. The molecule has 0 bridgehead atoms. The molecule has 1 amide bonds. The van der Waals surface area contributed by atoms with E-state index in [0.29, 0.717) is 30.5 Å². The lowest BCUT2D eigenvalue weighted by atomic mass is 10.2. The number of guanidine groups is 1. The molecule has 1 fully saturated rings. The van der Waals surface area contributed by atoms with E-state index in [9.17, 15) is 4.79 Å². The van der Waals surface area contributed by atoms with E-state index < -0.39 is 11.7 Å². The van der Waals surface area contributed by atoms with E-state index in [2.05, 4.69) is 35.7 Å². The number of nitrogens with zero attached hydrogens (tertiary/aromatic N) is 4. The quantitative estimate of drug-likeness (QED) is 0.538. The number of nitrogens with one attached hydrogen (secondary N) is 3. The molecule has 1 atom stereocenters. The van der Waals surface area contributed by atoms with Crippen LogP contribution in [0.15, 0.2) is 27.8 Å². The summed E-state index contributed by atoms with van der Waals surface area (Å²) >= 11 is 0. The molecule has 10 heteroatoms. The summed E-state index contributed by atoms with van der Waals surface area (Å²) < 4.78 is 10.6. The van der Waals surface area contributed by atoms with Crippen LogP contribution in [0.1, 0.15) is 33.0 Å². The average molecular weight is 389 g/mol. The number of amides is 1. The zero-order valence-corrected chi connectivity index (χ0v) is 16.7. The van der Waals surface area contributed by atoms with E-state index in [1.807, 2.05) is 20.8 Å². The molecule has 0 aliphatic carbocycles. The van der Waals surface area contributed by atoms with E-state index in [1.165, 1.54) is 0 Å². The zero-order valence-electron chi connectivity index (χ0n) is 16.7. The van der Waals surface area contributed by atoms with E-state index in [1.54, 1.807) is 25.4 Å². The summed E-state index contributed by atoms with van der Waals surface area (Å²) in [6, 6.07) is 3.62. The number of H-pyrrole nitrogens is 1. The molecule has 0 radical (unpaired) electrons. The first-order valence-corrected chi connectivity index (χ1v) is 9.24. The van der Waals surface area contributed by atoms with Gasteiger partial charge in [-0.15, -0.1) is 5.10 Å². The summed E-state index contributed by atoms with van der Waals surface area (Å²) in [6.07, 6.45) is 2.01. The minimum Gasteiger partial charge on any atom is -0.461 e. The third-order valence-corrected chi connectivity index (χ3v) is 4.11. The van der Waals surface area contributed by atoms with Gasteiger partial charge in [0.15, 0.2) is 11.7 Å².